The zero-order valence-corrected chi connectivity index (χ0v) is 10.4. The Labute approximate surface area is 95.4 Å². The fourth-order valence-corrected chi connectivity index (χ4v) is 2.99. The maximum Gasteiger partial charge on any atom is 0.0511 e. The van der Waals surface area contributed by atoms with Gasteiger partial charge in [0.15, 0.2) is 0 Å². The number of rotatable bonds is 1. The molecule has 1 saturated heterocycles. The first-order valence-corrected chi connectivity index (χ1v) is 6.06. The summed E-state index contributed by atoms with van der Waals surface area (Å²) in [6.45, 7) is 2.39. The molecule has 70 valence electrons. The Kier molecular flexibility index (Phi) is 2.94. The summed E-state index contributed by atoms with van der Waals surface area (Å²) in [5.74, 6) is 0. The first-order valence-electron chi connectivity index (χ1n) is 4.47. The van der Waals surface area contributed by atoms with E-state index in [0.717, 1.165) is 4.47 Å². The molecule has 0 unspecified atom stereocenters. The molecule has 1 heterocycles. The van der Waals surface area contributed by atoms with E-state index in [9.17, 15) is 0 Å². The van der Waals surface area contributed by atoms with Crippen LogP contribution in [0.25, 0.3) is 0 Å². The molecule has 1 aliphatic heterocycles. The van der Waals surface area contributed by atoms with Crippen molar-refractivity contribution in [1.82, 2.24) is 0 Å². The van der Waals surface area contributed by atoms with Crippen molar-refractivity contribution in [2.24, 2.45) is 0 Å². The van der Waals surface area contributed by atoms with Crippen molar-refractivity contribution < 1.29 is 0 Å². The zero-order valence-electron chi connectivity index (χ0n) is 7.26. The second kappa shape index (κ2) is 4.01. The van der Waals surface area contributed by atoms with Crippen LogP contribution in [-0.2, 0) is 0 Å². The summed E-state index contributed by atoms with van der Waals surface area (Å²) in [5.41, 5.74) is 1.32. The Hall–Kier alpha value is -0.0200. The standard InChI is InChI=1S/C10H11Br2N/c11-8-3-4-10(9(12)7-8)13-5-1-2-6-13/h3-4,7H,1-2,5-6H2. The highest BCUT2D eigenvalue weighted by Crippen LogP contribution is 2.31. The normalized spacial score (nSPS) is 16.6. The molecule has 2 rings (SSSR count). The number of hydrogen-bond donors (Lipinski definition) is 0. The van der Waals surface area contributed by atoms with Crippen LogP contribution in [0, 0.1) is 0 Å². The number of anilines is 1. The lowest BCUT2D eigenvalue weighted by Crippen LogP contribution is -2.17. The highest BCUT2D eigenvalue weighted by molar-refractivity contribution is 9.11. The van der Waals surface area contributed by atoms with Crippen LogP contribution in [0.1, 0.15) is 12.8 Å². The molecule has 0 N–H and O–H groups in total. The van der Waals surface area contributed by atoms with Crippen molar-refractivity contribution in [2.75, 3.05) is 18.0 Å². The minimum Gasteiger partial charge on any atom is -0.371 e. The molecule has 1 aliphatic rings. The maximum atomic E-state index is 3.59. The third-order valence-electron chi connectivity index (χ3n) is 2.36. The largest absolute Gasteiger partial charge is 0.371 e. The quantitative estimate of drug-likeness (QED) is 0.762. The van der Waals surface area contributed by atoms with Gasteiger partial charge in [0.2, 0.25) is 0 Å². The predicted molar refractivity (Wildman–Crippen MR) is 63.3 cm³/mol. The Morgan fingerprint density at radius 3 is 2.38 bits per heavy atom. The van der Waals surface area contributed by atoms with Crippen LogP contribution in [0.4, 0.5) is 5.69 Å². The lowest BCUT2D eigenvalue weighted by Gasteiger charge is -2.19. The van der Waals surface area contributed by atoms with Gasteiger partial charge in [0.25, 0.3) is 0 Å². The molecule has 0 aliphatic carbocycles. The topological polar surface area (TPSA) is 3.24 Å². The first-order chi connectivity index (χ1) is 6.27. The molecular weight excluding hydrogens is 294 g/mol. The van der Waals surface area contributed by atoms with E-state index in [2.05, 4.69) is 55.0 Å². The van der Waals surface area contributed by atoms with Gasteiger partial charge in [-0.1, -0.05) is 15.9 Å². The van der Waals surface area contributed by atoms with E-state index in [0.29, 0.717) is 0 Å². The van der Waals surface area contributed by atoms with Crippen LogP contribution in [0.2, 0.25) is 0 Å². The summed E-state index contributed by atoms with van der Waals surface area (Å²) in [6, 6.07) is 6.37. The summed E-state index contributed by atoms with van der Waals surface area (Å²) >= 11 is 7.04. The third kappa shape index (κ3) is 2.08. The second-order valence-corrected chi connectivity index (χ2v) is 5.06. The predicted octanol–water partition coefficient (Wildman–Crippen LogP) is 3.81. The van der Waals surface area contributed by atoms with Crippen molar-refractivity contribution in [3.05, 3.63) is 27.1 Å². The van der Waals surface area contributed by atoms with Gasteiger partial charge in [-0.15, -0.1) is 0 Å². The molecule has 1 aromatic rings. The Bertz CT molecular complexity index is 306. The first kappa shape index (κ1) is 9.53. The van der Waals surface area contributed by atoms with Crippen LogP contribution < -0.4 is 4.90 Å². The Morgan fingerprint density at radius 2 is 1.77 bits per heavy atom. The van der Waals surface area contributed by atoms with Crippen molar-refractivity contribution >= 4 is 37.5 Å². The van der Waals surface area contributed by atoms with Gasteiger partial charge >= 0.3 is 0 Å². The molecule has 0 amide bonds. The third-order valence-corrected chi connectivity index (χ3v) is 3.48. The summed E-state index contributed by atoms with van der Waals surface area (Å²) in [4.78, 5) is 2.43. The molecule has 0 saturated carbocycles. The molecule has 1 fully saturated rings. The van der Waals surface area contributed by atoms with Crippen LogP contribution in [0.15, 0.2) is 27.1 Å². The highest BCUT2D eigenvalue weighted by atomic mass is 79.9. The average molecular weight is 305 g/mol. The summed E-state index contributed by atoms with van der Waals surface area (Å²) in [5, 5.41) is 0. The van der Waals surface area contributed by atoms with E-state index in [1.807, 2.05) is 0 Å². The van der Waals surface area contributed by atoms with E-state index in [-0.39, 0.29) is 0 Å². The van der Waals surface area contributed by atoms with Gasteiger partial charge in [0, 0.05) is 22.0 Å². The van der Waals surface area contributed by atoms with Crippen molar-refractivity contribution in [2.45, 2.75) is 12.8 Å². The SMILES string of the molecule is Brc1ccc(N2CCCC2)c(Br)c1. The highest BCUT2D eigenvalue weighted by Gasteiger charge is 2.14. The Morgan fingerprint density at radius 1 is 1.08 bits per heavy atom. The molecule has 0 spiro atoms. The summed E-state index contributed by atoms with van der Waals surface area (Å²) in [7, 11) is 0. The van der Waals surface area contributed by atoms with Crippen LogP contribution >= 0.6 is 31.9 Å². The van der Waals surface area contributed by atoms with E-state index in [4.69, 9.17) is 0 Å². The molecule has 0 atom stereocenters. The van der Waals surface area contributed by atoms with Crippen LogP contribution in [0.5, 0.6) is 0 Å². The van der Waals surface area contributed by atoms with Gasteiger partial charge in [-0.3, -0.25) is 0 Å². The summed E-state index contributed by atoms with van der Waals surface area (Å²) in [6.07, 6.45) is 2.64. The van der Waals surface area contributed by atoms with E-state index < -0.39 is 0 Å². The van der Waals surface area contributed by atoms with Crippen molar-refractivity contribution in [3.63, 3.8) is 0 Å². The van der Waals surface area contributed by atoms with Gasteiger partial charge < -0.3 is 4.90 Å². The smallest absolute Gasteiger partial charge is 0.0511 e. The fraction of sp³-hybridized carbons (Fsp3) is 0.400. The Balaban J connectivity index is 2.29. The minimum absolute atomic E-state index is 1.13. The van der Waals surface area contributed by atoms with E-state index >= 15 is 0 Å². The monoisotopic (exact) mass is 303 g/mol. The molecule has 0 aromatic heterocycles. The van der Waals surface area contributed by atoms with Crippen LogP contribution in [0.3, 0.4) is 0 Å². The lowest BCUT2D eigenvalue weighted by molar-refractivity contribution is 0.949. The van der Waals surface area contributed by atoms with Gasteiger partial charge in [0.1, 0.15) is 0 Å². The number of hydrogen-bond acceptors (Lipinski definition) is 1. The molecule has 3 heteroatoms. The van der Waals surface area contributed by atoms with Crippen molar-refractivity contribution in [3.8, 4) is 0 Å². The maximum absolute atomic E-state index is 3.59. The lowest BCUT2D eigenvalue weighted by atomic mass is 10.3. The number of nitrogens with zero attached hydrogens (tertiary/aromatic N) is 1. The molecule has 0 bridgehead atoms. The fourth-order valence-electron chi connectivity index (χ4n) is 1.70. The average Bonchev–Trinajstić information content (AvgIpc) is 2.56. The molecule has 13 heavy (non-hydrogen) atoms. The van der Waals surface area contributed by atoms with Crippen LogP contribution in [-0.4, -0.2) is 13.1 Å². The van der Waals surface area contributed by atoms with E-state index in [1.165, 1.54) is 36.1 Å². The summed E-state index contributed by atoms with van der Waals surface area (Å²) < 4.78 is 2.31. The van der Waals surface area contributed by atoms with E-state index in [1.54, 1.807) is 0 Å². The second-order valence-electron chi connectivity index (χ2n) is 3.29. The van der Waals surface area contributed by atoms with Gasteiger partial charge in [0.05, 0.1) is 5.69 Å². The molecule has 1 nitrogen and oxygen atoms in total. The number of halogens is 2. The molecule has 0 radical (unpaired) electrons. The van der Waals surface area contributed by atoms with Gasteiger partial charge in [-0.2, -0.15) is 0 Å². The van der Waals surface area contributed by atoms with Gasteiger partial charge in [-0.25, -0.2) is 0 Å². The number of benzene rings is 1. The van der Waals surface area contributed by atoms with Crippen molar-refractivity contribution in [1.29, 1.82) is 0 Å². The molecule has 1 aromatic carbocycles. The van der Waals surface area contributed by atoms with Gasteiger partial charge in [-0.05, 0) is 47.0 Å². The minimum atomic E-state index is 1.13. The zero-order chi connectivity index (χ0) is 9.26. The molecular formula is C10H11Br2N.